The molecule has 1 unspecified atom stereocenters. The molecule has 0 spiro atoms. The van der Waals surface area contributed by atoms with E-state index in [9.17, 15) is 0 Å². The highest BCUT2D eigenvalue weighted by atomic mass is 32.2. The molecule has 134 valence electrons. The zero-order valence-corrected chi connectivity index (χ0v) is 15.9. The van der Waals surface area contributed by atoms with E-state index in [1.54, 1.807) is 11.8 Å². The first-order valence-corrected chi connectivity index (χ1v) is 9.31. The second kappa shape index (κ2) is 9.39. The normalized spacial score (nSPS) is 12.0. The van der Waals surface area contributed by atoms with Gasteiger partial charge in [-0.05, 0) is 31.7 Å². The Morgan fingerprint density at radius 3 is 2.88 bits per heavy atom. The lowest BCUT2D eigenvalue weighted by molar-refractivity contribution is 0.493. The number of hydrazine groups is 1. The summed E-state index contributed by atoms with van der Waals surface area (Å²) in [6.45, 7) is 10.9. The van der Waals surface area contributed by atoms with Crippen molar-refractivity contribution in [3.8, 4) is 0 Å². The van der Waals surface area contributed by atoms with E-state index in [4.69, 9.17) is 5.73 Å². The van der Waals surface area contributed by atoms with E-state index in [1.807, 2.05) is 5.01 Å². The second-order valence-corrected chi connectivity index (χ2v) is 7.00. The second-order valence-electron chi connectivity index (χ2n) is 5.98. The van der Waals surface area contributed by atoms with Gasteiger partial charge in [0, 0.05) is 11.4 Å². The molecule has 2 aromatic rings. The number of nitrogen functional groups attached to an aromatic ring is 1. The lowest BCUT2D eigenvalue weighted by atomic mass is 10.1. The van der Waals surface area contributed by atoms with Crippen molar-refractivity contribution in [1.82, 2.24) is 15.4 Å². The smallest absolute Gasteiger partial charge is 0.175 e. The molecule has 0 saturated carbocycles. The molecule has 7 heteroatoms. The van der Waals surface area contributed by atoms with E-state index in [2.05, 4.69) is 72.1 Å². The van der Waals surface area contributed by atoms with E-state index in [-0.39, 0.29) is 0 Å². The summed E-state index contributed by atoms with van der Waals surface area (Å²) >= 11 is 1.72. The molecule has 0 aliphatic rings. The number of rotatable bonds is 9. The predicted octanol–water partition coefficient (Wildman–Crippen LogP) is 3.81. The van der Waals surface area contributed by atoms with Crippen molar-refractivity contribution >= 4 is 35.8 Å². The van der Waals surface area contributed by atoms with Crippen molar-refractivity contribution in [3.05, 3.63) is 36.2 Å². The molecule has 0 radical (unpaired) electrons. The van der Waals surface area contributed by atoms with Crippen LogP contribution in [0, 0.1) is 12.8 Å². The highest BCUT2D eigenvalue weighted by Crippen LogP contribution is 2.31. The SMILES string of the molecule is C=Nc1c(N)ncnc1N(CSc1cccc(C)c1)NCC(C)CC. The Morgan fingerprint density at radius 1 is 1.40 bits per heavy atom. The van der Waals surface area contributed by atoms with Gasteiger partial charge in [-0.3, -0.25) is 10.0 Å². The molecule has 0 aliphatic carbocycles. The van der Waals surface area contributed by atoms with Crippen molar-refractivity contribution < 1.29 is 0 Å². The Bertz CT molecular complexity index is 706. The number of aliphatic imine (C=N–C) groups is 1. The van der Waals surface area contributed by atoms with Crippen LogP contribution in [0.3, 0.4) is 0 Å². The molecule has 25 heavy (non-hydrogen) atoms. The lowest BCUT2D eigenvalue weighted by Gasteiger charge is -2.26. The van der Waals surface area contributed by atoms with Gasteiger partial charge in [0.05, 0.1) is 5.88 Å². The van der Waals surface area contributed by atoms with Gasteiger partial charge < -0.3 is 5.73 Å². The van der Waals surface area contributed by atoms with E-state index >= 15 is 0 Å². The van der Waals surface area contributed by atoms with Crippen LogP contribution in [0.25, 0.3) is 0 Å². The number of nitrogens with one attached hydrogen (secondary N) is 1. The number of aryl methyl sites for hydroxylation is 1. The molecule has 1 aromatic heterocycles. The molecule has 3 N–H and O–H groups in total. The standard InChI is InChI=1S/C18H26N6S/c1-5-13(2)10-23-24(12-25-15-8-6-7-14(3)9-15)18-16(20-4)17(19)21-11-22-18/h6-9,11,13,23H,4-5,10,12H2,1-3H3,(H2,19,21,22). The third-order valence-electron chi connectivity index (χ3n) is 3.92. The Balaban J connectivity index is 2.20. The predicted molar refractivity (Wildman–Crippen MR) is 107 cm³/mol. The van der Waals surface area contributed by atoms with Crippen molar-refractivity contribution in [2.75, 3.05) is 23.2 Å². The van der Waals surface area contributed by atoms with Gasteiger partial charge >= 0.3 is 0 Å². The topological polar surface area (TPSA) is 79.4 Å². The maximum absolute atomic E-state index is 5.93. The number of hydrogen-bond acceptors (Lipinski definition) is 7. The molecule has 0 amide bonds. The third-order valence-corrected chi connectivity index (χ3v) is 4.90. The number of anilines is 2. The van der Waals surface area contributed by atoms with Crippen LogP contribution in [-0.4, -0.2) is 29.1 Å². The average Bonchev–Trinajstić information content (AvgIpc) is 2.61. The molecular weight excluding hydrogens is 332 g/mol. The molecule has 1 atom stereocenters. The largest absolute Gasteiger partial charge is 0.382 e. The van der Waals surface area contributed by atoms with E-state index in [0.717, 1.165) is 13.0 Å². The van der Waals surface area contributed by atoms with Crippen LogP contribution >= 0.6 is 11.8 Å². The number of aromatic nitrogens is 2. The lowest BCUT2D eigenvalue weighted by Crippen LogP contribution is -2.41. The number of benzene rings is 1. The van der Waals surface area contributed by atoms with Gasteiger partial charge in [-0.25, -0.2) is 15.4 Å². The van der Waals surface area contributed by atoms with Crippen LogP contribution in [0.5, 0.6) is 0 Å². The van der Waals surface area contributed by atoms with Crippen molar-refractivity contribution in [2.24, 2.45) is 10.9 Å². The maximum Gasteiger partial charge on any atom is 0.175 e. The number of nitrogens with two attached hydrogens (primary N) is 1. The van der Waals surface area contributed by atoms with Crippen LogP contribution < -0.4 is 16.2 Å². The molecule has 0 bridgehead atoms. The van der Waals surface area contributed by atoms with Crippen LogP contribution in [-0.2, 0) is 0 Å². The first-order chi connectivity index (χ1) is 12.0. The summed E-state index contributed by atoms with van der Waals surface area (Å²) < 4.78 is 0. The van der Waals surface area contributed by atoms with Crippen LogP contribution in [0.1, 0.15) is 25.8 Å². The summed E-state index contributed by atoms with van der Waals surface area (Å²) in [7, 11) is 0. The molecule has 1 aromatic carbocycles. The number of thioether (sulfide) groups is 1. The van der Waals surface area contributed by atoms with Gasteiger partial charge in [-0.1, -0.05) is 38.0 Å². The van der Waals surface area contributed by atoms with Gasteiger partial charge in [0.15, 0.2) is 11.6 Å². The van der Waals surface area contributed by atoms with Gasteiger partial charge in [0.2, 0.25) is 0 Å². The quantitative estimate of drug-likeness (QED) is 0.307. The Hall–Kier alpha value is -2.12. The Morgan fingerprint density at radius 2 is 2.20 bits per heavy atom. The van der Waals surface area contributed by atoms with E-state index in [0.29, 0.717) is 29.1 Å². The molecule has 0 fully saturated rings. The fourth-order valence-corrected chi connectivity index (χ4v) is 3.10. The van der Waals surface area contributed by atoms with Crippen molar-refractivity contribution in [1.29, 1.82) is 0 Å². The third kappa shape index (κ3) is 5.44. The maximum atomic E-state index is 5.93. The fourth-order valence-electron chi connectivity index (χ4n) is 2.17. The van der Waals surface area contributed by atoms with Gasteiger partial charge in [-0.15, -0.1) is 11.8 Å². The average molecular weight is 359 g/mol. The Kier molecular flexibility index (Phi) is 7.21. The van der Waals surface area contributed by atoms with Gasteiger partial charge in [0.1, 0.15) is 12.0 Å². The summed E-state index contributed by atoms with van der Waals surface area (Å²) in [5.74, 6) is 2.19. The summed E-state index contributed by atoms with van der Waals surface area (Å²) in [6, 6.07) is 8.42. The highest BCUT2D eigenvalue weighted by molar-refractivity contribution is 7.99. The van der Waals surface area contributed by atoms with E-state index < -0.39 is 0 Å². The molecular formula is C18H26N6S. The first kappa shape index (κ1) is 19.2. The van der Waals surface area contributed by atoms with Crippen molar-refractivity contribution in [3.63, 3.8) is 0 Å². The monoisotopic (exact) mass is 358 g/mol. The molecule has 2 rings (SSSR count). The Labute approximate surface area is 153 Å². The van der Waals surface area contributed by atoms with Crippen LogP contribution in [0.4, 0.5) is 17.3 Å². The fraction of sp³-hybridized carbons (Fsp3) is 0.389. The highest BCUT2D eigenvalue weighted by Gasteiger charge is 2.16. The minimum absolute atomic E-state index is 0.330. The summed E-state index contributed by atoms with van der Waals surface area (Å²) in [5.41, 5.74) is 11.1. The first-order valence-electron chi connectivity index (χ1n) is 8.32. The molecule has 0 aliphatic heterocycles. The summed E-state index contributed by atoms with van der Waals surface area (Å²) in [6.07, 6.45) is 2.55. The zero-order valence-electron chi connectivity index (χ0n) is 15.1. The molecule has 0 saturated heterocycles. The van der Waals surface area contributed by atoms with Gasteiger partial charge in [0.25, 0.3) is 0 Å². The molecule has 6 nitrogen and oxygen atoms in total. The zero-order chi connectivity index (χ0) is 18.2. The molecule has 1 heterocycles. The van der Waals surface area contributed by atoms with Gasteiger partial charge in [-0.2, -0.15) is 0 Å². The van der Waals surface area contributed by atoms with Crippen LogP contribution in [0.15, 0.2) is 40.5 Å². The minimum atomic E-state index is 0.330. The van der Waals surface area contributed by atoms with E-state index in [1.165, 1.54) is 16.8 Å². The number of hydrogen-bond donors (Lipinski definition) is 2. The van der Waals surface area contributed by atoms with Crippen molar-refractivity contribution in [2.45, 2.75) is 32.1 Å². The van der Waals surface area contributed by atoms with Crippen LogP contribution in [0.2, 0.25) is 0 Å². The minimum Gasteiger partial charge on any atom is -0.382 e. The number of nitrogens with zero attached hydrogens (tertiary/aromatic N) is 4. The summed E-state index contributed by atoms with van der Waals surface area (Å²) in [5, 5.41) is 1.97. The summed E-state index contributed by atoms with van der Waals surface area (Å²) in [4.78, 5) is 13.6.